The van der Waals surface area contributed by atoms with Gasteiger partial charge in [-0.1, -0.05) is 17.7 Å². The Morgan fingerprint density at radius 3 is 2.47 bits per heavy atom. The van der Waals surface area contributed by atoms with Crippen molar-refractivity contribution >= 4 is 0 Å². The molecule has 0 amide bonds. The molecule has 3 heteroatoms. The first kappa shape index (κ1) is 12.4. The highest BCUT2D eigenvalue weighted by molar-refractivity contribution is 5.44. The predicted octanol–water partition coefficient (Wildman–Crippen LogP) is 2.88. The van der Waals surface area contributed by atoms with Crippen LogP contribution in [-0.2, 0) is 6.42 Å². The number of aryl methyl sites for hydroxylation is 4. The smallest absolute Gasteiger partial charge is 0.103 e. The predicted molar refractivity (Wildman–Crippen MR) is 77.5 cm³/mol. The number of nitrogens with one attached hydrogen (secondary N) is 2. The Morgan fingerprint density at radius 1 is 1.11 bits per heavy atom. The van der Waals surface area contributed by atoms with Crippen LogP contribution in [-0.4, -0.2) is 16.5 Å². The molecule has 3 nitrogen and oxygen atoms in total. The van der Waals surface area contributed by atoms with Crippen molar-refractivity contribution in [3.05, 3.63) is 51.6 Å². The molecule has 0 saturated heterocycles. The maximum Gasteiger partial charge on any atom is 0.103 e. The molecule has 19 heavy (non-hydrogen) atoms. The Hall–Kier alpha value is -1.61. The van der Waals surface area contributed by atoms with Crippen LogP contribution in [0, 0.1) is 27.7 Å². The molecule has 1 unspecified atom stereocenters. The summed E-state index contributed by atoms with van der Waals surface area (Å²) in [4.78, 5) is 8.09. The van der Waals surface area contributed by atoms with Crippen LogP contribution >= 0.6 is 0 Å². The molecule has 0 spiro atoms. The minimum atomic E-state index is 0.231. The first-order chi connectivity index (χ1) is 9.06. The van der Waals surface area contributed by atoms with Gasteiger partial charge in [0, 0.05) is 18.7 Å². The average Bonchev–Trinajstić information content (AvgIpc) is 2.68. The molecule has 1 aliphatic rings. The average molecular weight is 255 g/mol. The van der Waals surface area contributed by atoms with Gasteiger partial charge < -0.3 is 10.3 Å². The van der Waals surface area contributed by atoms with E-state index < -0.39 is 0 Å². The van der Waals surface area contributed by atoms with E-state index in [1.165, 1.54) is 33.6 Å². The van der Waals surface area contributed by atoms with E-state index >= 15 is 0 Å². The lowest BCUT2D eigenvalue weighted by molar-refractivity contribution is 0.549. The Balaban J connectivity index is 2.14. The number of fused-ring (bicyclic) bond motifs is 1. The molecule has 1 aliphatic heterocycles. The van der Waals surface area contributed by atoms with Gasteiger partial charge in [0.15, 0.2) is 0 Å². The molecule has 2 aromatic rings. The molecule has 0 bridgehead atoms. The number of nitrogens with zero attached hydrogens (tertiary/aromatic N) is 1. The number of benzene rings is 1. The van der Waals surface area contributed by atoms with Crippen molar-refractivity contribution in [1.29, 1.82) is 0 Å². The second-order valence-corrected chi connectivity index (χ2v) is 5.64. The molecule has 0 radical (unpaired) electrons. The zero-order valence-electron chi connectivity index (χ0n) is 12.1. The summed E-state index contributed by atoms with van der Waals surface area (Å²) in [6.45, 7) is 9.59. The summed E-state index contributed by atoms with van der Waals surface area (Å²) >= 11 is 0. The molecule has 1 aromatic carbocycles. The normalized spacial score (nSPS) is 18.4. The van der Waals surface area contributed by atoms with E-state index in [-0.39, 0.29) is 6.04 Å². The van der Waals surface area contributed by atoms with Crippen molar-refractivity contribution in [2.75, 3.05) is 6.54 Å². The Morgan fingerprint density at radius 2 is 1.79 bits per heavy atom. The van der Waals surface area contributed by atoms with E-state index in [0.29, 0.717) is 0 Å². The summed E-state index contributed by atoms with van der Waals surface area (Å²) in [7, 11) is 0. The van der Waals surface area contributed by atoms with E-state index in [1.807, 2.05) is 6.92 Å². The highest BCUT2D eigenvalue weighted by Crippen LogP contribution is 2.31. The van der Waals surface area contributed by atoms with Crippen LogP contribution in [0.3, 0.4) is 0 Å². The molecule has 100 valence electrons. The van der Waals surface area contributed by atoms with Gasteiger partial charge in [0.1, 0.15) is 5.82 Å². The van der Waals surface area contributed by atoms with E-state index in [0.717, 1.165) is 18.8 Å². The van der Waals surface area contributed by atoms with Gasteiger partial charge in [0.05, 0.1) is 11.7 Å². The van der Waals surface area contributed by atoms with Gasteiger partial charge in [-0.3, -0.25) is 0 Å². The first-order valence-corrected chi connectivity index (χ1v) is 6.93. The number of H-pyrrole nitrogens is 1. The van der Waals surface area contributed by atoms with Gasteiger partial charge >= 0.3 is 0 Å². The summed E-state index contributed by atoms with van der Waals surface area (Å²) in [5, 5.41) is 3.62. The third-order valence-corrected chi connectivity index (χ3v) is 3.95. The molecule has 3 rings (SSSR count). The molecular formula is C16H21N3. The SMILES string of the molecule is Cc1cc(C)c(C2NCCc3[nH]c(C)nc32)c(C)c1. The van der Waals surface area contributed by atoms with Gasteiger partial charge in [0.25, 0.3) is 0 Å². The summed E-state index contributed by atoms with van der Waals surface area (Å²) in [6.07, 6.45) is 1.04. The summed E-state index contributed by atoms with van der Waals surface area (Å²) < 4.78 is 0. The summed E-state index contributed by atoms with van der Waals surface area (Å²) in [6, 6.07) is 4.75. The molecule has 1 atom stereocenters. The van der Waals surface area contributed by atoms with Crippen molar-refractivity contribution < 1.29 is 0 Å². The number of hydrogen-bond donors (Lipinski definition) is 2. The van der Waals surface area contributed by atoms with Crippen LogP contribution in [0.5, 0.6) is 0 Å². The third kappa shape index (κ3) is 2.08. The van der Waals surface area contributed by atoms with Crippen LogP contribution in [0.4, 0.5) is 0 Å². The largest absolute Gasteiger partial charge is 0.346 e. The van der Waals surface area contributed by atoms with Gasteiger partial charge in [-0.15, -0.1) is 0 Å². The van der Waals surface area contributed by atoms with Crippen LogP contribution < -0.4 is 5.32 Å². The van der Waals surface area contributed by atoms with Gasteiger partial charge in [0.2, 0.25) is 0 Å². The van der Waals surface area contributed by atoms with Crippen molar-refractivity contribution in [3.8, 4) is 0 Å². The van der Waals surface area contributed by atoms with Crippen molar-refractivity contribution in [3.63, 3.8) is 0 Å². The van der Waals surface area contributed by atoms with Crippen LogP contribution in [0.25, 0.3) is 0 Å². The number of aromatic amines is 1. The fourth-order valence-electron chi connectivity index (χ4n) is 3.31. The first-order valence-electron chi connectivity index (χ1n) is 6.93. The summed E-state index contributed by atoms with van der Waals surface area (Å²) in [5.41, 5.74) is 7.89. The van der Waals surface area contributed by atoms with Crippen molar-refractivity contribution in [1.82, 2.24) is 15.3 Å². The third-order valence-electron chi connectivity index (χ3n) is 3.95. The fraction of sp³-hybridized carbons (Fsp3) is 0.438. The summed E-state index contributed by atoms with van der Waals surface area (Å²) in [5.74, 6) is 1.01. The monoisotopic (exact) mass is 255 g/mol. The van der Waals surface area contributed by atoms with Crippen LogP contribution in [0.2, 0.25) is 0 Å². The van der Waals surface area contributed by atoms with Crippen molar-refractivity contribution in [2.45, 2.75) is 40.2 Å². The van der Waals surface area contributed by atoms with Gasteiger partial charge in [-0.2, -0.15) is 0 Å². The maximum absolute atomic E-state index is 4.70. The minimum absolute atomic E-state index is 0.231. The Labute approximate surface area is 114 Å². The number of rotatable bonds is 1. The zero-order valence-corrected chi connectivity index (χ0v) is 12.1. The standard InChI is InChI=1S/C16H21N3/c1-9-7-10(2)14(11(3)8-9)16-15-13(5-6-17-16)18-12(4)19-15/h7-8,16-17H,5-6H2,1-4H3,(H,18,19). The highest BCUT2D eigenvalue weighted by atomic mass is 15.0. The lowest BCUT2D eigenvalue weighted by Gasteiger charge is -2.26. The maximum atomic E-state index is 4.70. The molecular weight excluding hydrogens is 234 g/mol. The molecule has 1 aromatic heterocycles. The van der Waals surface area contributed by atoms with E-state index in [1.54, 1.807) is 0 Å². The Kier molecular flexibility index (Phi) is 2.94. The van der Waals surface area contributed by atoms with Crippen LogP contribution in [0.15, 0.2) is 12.1 Å². The van der Waals surface area contributed by atoms with Gasteiger partial charge in [-0.05, 0) is 44.4 Å². The fourth-order valence-corrected chi connectivity index (χ4v) is 3.31. The molecule has 0 aliphatic carbocycles. The Bertz CT molecular complexity index is 602. The minimum Gasteiger partial charge on any atom is -0.346 e. The van der Waals surface area contributed by atoms with E-state index in [4.69, 9.17) is 4.98 Å². The van der Waals surface area contributed by atoms with E-state index in [9.17, 15) is 0 Å². The lowest BCUT2D eigenvalue weighted by Crippen LogP contribution is -2.31. The molecule has 2 N–H and O–H groups in total. The van der Waals surface area contributed by atoms with Crippen molar-refractivity contribution in [2.24, 2.45) is 0 Å². The lowest BCUT2D eigenvalue weighted by atomic mass is 9.90. The zero-order chi connectivity index (χ0) is 13.6. The van der Waals surface area contributed by atoms with Crippen LogP contribution in [0.1, 0.15) is 45.5 Å². The number of aromatic nitrogens is 2. The highest BCUT2D eigenvalue weighted by Gasteiger charge is 2.26. The number of imidazole rings is 1. The second kappa shape index (κ2) is 4.49. The number of hydrogen-bond acceptors (Lipinski definition) is 2. The quantitative estimate of drug-likeness (QED) is 0.822. The molecule has 0 saturated carbocycles. The van der Waals surface area contributed by atoms with Gasteiger partial charge in [-0.25, -0.2) is 4.98 Å². The molecule has 0 fully saturated rings. The molecule has 2 heterocycles. The van der Waals surface area contributed by atoms with E-state index in [2.05, 4.69) is 43.2 Å². The second-order valence-electron chi connectivity index (χ2n) is 5.64. The topological polar surface area (TPSA) is 40.7 Å².